The molecule has 0 aromatic heterocycles. The van der Waals surface area contributed by atoms with Gasteiger partial charge in [0.05, 0.1) is 46.2 Å². The van der Waals surface area contributed by atoms with Gasteiger partial charge in [-0.3, -0.25) is 0 Å². The lowest BCUT2D eigenvalue weighted by Crippen LogP contribution is -2.63. The predicted molar refractivity (Wildman–Crippen MR) is 183 cm³/mol. The van der Waals surface area contributed by atoms with E-state index in [2.05, 4.69) is 0 Å². The molecule has 27 N–H and O–H groups in total. The van der Waals surface area contributed by atoms with E-state index in [4.69, 9.17) is 117 Å². The van der Waals surface area contributed by atoms with E-state index in [1.54, 1.807) is 0 Å². The number of ether oxygens (including phenoxy) is 2. The molecule has 0 amide bonds. The first kappa shape index (κ1) is 59.9. The summed E-state index contributed by atoms with van der Waals surface area (Å²) in [5, 5.41) is 243. The summed E-state index contributed by atoms with van der Waals surface area (Å²) < 4.78 is 10.1. The number of hydrogen-bond acceptors (Lipinski definition) is 29. The van der Waals surface area contributed by atoms with E-state index in [1.807, 2.05) is 0 Å². The second-order valence-corrected chi connectivity index (χ2v) is 13.2. The highest BCUT2D eigenvalue weighted by molar-refractivity contribution is 4.98. The number of hydrogen-bond donors (Lipinski definition) is 27. The third-order valence-corrected chi connectivity index (χ3v) is 8.75. The molecule has 1 heterocycles. The van der Waals surface area contributed by atoms with Gasteiger partial charge in [-0.05, 0) is 0 Å². The van der Waals surface area contributed by atoms with Crippen LogP contribution < -0.4 is 0 Å². The van der Waals surface area contributed by atoms with Crippen LogP contribution in [0.1, 0.15) is 0 Å². The maximum Gasteiger partial charge on any atom is 0.187 e. The maximum absolute atomic E-state index is 9.83. The van der Waals surface area contributed by atoms with Gasteiger partial charge in [0, 0.05) is 0 Å². The van der Waals surface area contributed by atoms with Crippen molar-refractivity contribution in [3.05, 3.63) is 0 Å². The molecule has 0 radical (unpaired) electrons. The fraction of sp³-hybridized carbons (Fsp3) is 1.00. The Morgan fingerprint density at radius 1 is 0.322 bits per heavy atom. The van der Waals surface area contributed by atoms with Crippen molar-refractivity contribution in [2.45, 2.75) is 141 Å². The van der Waals surface area contributed by atoms with Crippen LogP contribution in [0, 0.1) is 0 Å². The van der Waals surface area contributed by atoms with Gasteiger partial charge in [-0.25, -0.2) is 0 Å². The zero-order valence-corrected chi connectivity index (χ0v) is 31.1. The zero-order valence-electron chi connectivity index (χ0n) is 31.1. The van der Waals surface area contributed by atoms with E-state index < -0.39 is 187 Å². The Bertz CT molecular complexity index is 910. The Morgan fingerprint density at radius 3 is 0.797 bits per heavy atom. The molecule has 1 saturated carbocycles. The van der Waals surface area contributed by atoms with Gasteiger partial charge in [0.25, 0.3) is 0 Å². The Labute approximate surface area is 334 Å². The van der Waals surface area contributed by atoms with Crippen molar-refractivity contribution in [2.24, 2.45) is 0 Å². The Kier molecular flexibility index (Phi) is 30.5. The molecule has 0 unspecified atom stereocenters. The van der Waals surface area contributed by atoms with E-state index in [0.717, 1.165) is 0 Å². The largest absolute Gasteiger partial charge is 0.394 e. The Morgan fingerprint density at radius 2 is 0.559 bits per heavy atom. The van der Waals surface area contributed by atoms with Crippen LogP contribution in [0.3, 0.4) is 0 Å². The van der Waals surface area contributed by atoms with Crippen LogP contribution in [0.2, 0.25) is 0 Å². The van der Waals surface area contributed by atoms with Crippen molar-refractivity contribution in [2.75, 3.05) is 46.2 Å². The molecular formula is C30H64O29. The van der Waals surface area contributed by atoms with E-state index in [1.165, 1.54) is 0 Å². The summed E-state index contributed by atoms with van der Waals surface area (Å²) in [5.74, 6) is 0. The van der Waals surface area contributed by atoms with Gasteiger partial charge in [0.2, 0.25) is 0 Å². The van der Waals surface area contributed by atoms with Crippen LogP contribution in [0.5, 0.6) is 0 Å². The van der Waals surface area contributed by atoms with E-state index >= 15 is 0 Å². The average molecular weight is 889 g/mol. The van der Waals surface area contributed by atoms with Gasteiger partial charge >= 0.3 is 0 Å². The molecule has 0 bridgehead atoms. The Balaban J connectivity index is 0. The molecule has 17 atom stereocenters. The van der Waals surface area contributed by atoms with Crippen LogP contribution in [0.4, 0.5) is 0 Å². The van der Waals surface area contributed by atoms with E-state index in [0.29, 0.717) is 0 Å². The molecule has 0 aromatic carbocycles. The second-order valence-electron chi connectivity index (χ2n) is 13.2. The lowest BCUT2D eigenvalue weighted by Gasteiger charge is -2.42. The fourth-order valence-corrected chi connectivity index (χ4v) is 4.72. The standard InChI is InChI=1S/C12H24O11.C6H12O6.2C6H14O6/c13-1-4(16)7(18)11(5(17)2-14)23-12-10(21)9(20)8(19)6(3-15)22-12;7-1-2(8)4(10)6(12)5(11)3(1)9;2*7-1-3(9)5(11)6(12)4(10)2-8/h4-21H,1-3H2;1-12H;2*3-12H,1-2H2/t4-,5+,6+,7+,8+,9-,10+,11+,12+;1-,2-,3-,4+,5-,6-;3-,4+,5-,6-;3-,4-,5-,6-/m0.11/s1. The van der Waals surface area contributed by atoms with E-state index in [-0.39, 0.29) is 0 Å². The minimum absolute atomic E-state index is 0.708. The smallest absolute Gasteiger partial charge is 0.187 e. The number of aliphatic hydroxyl groups is 27. The van der Waals surface area contributed by atoms with Crippen molar-refractivity contribution < 1.29 is 147 Å². The number of aliphatic hydroxyl groups excluding tert-OH is 27. The molecule has 2 rings (SSSR count). The third kappa shape index (κ3) is 18.2. The van der Waals surface area contributed by atoms with Gasteiger partial charge in [0.15, 0.2) is 6.29 Å². The molecule has 1 aliphatic carbocycles. The van der Waals surface area contributed by atoms with Crippen LogP contribution in [0.25, 0.3) is 0 Å². The molecule has 0 spiro atoms. The topological polar surface area (TPSA) is 565 Å². The second kappa shape index (κ2) is 30.0. The summed E-state index contributed by atoms with van der Waals surface area (Å²) in [6, 6.07) is 0. The highest BCUT2D eigenvalue weighted by Crippen LogP contribution is 2.25. The molecule has 2 aliphatic rings. The summed E-state index contributed by atoms with van der Waals surface area (Å²) in [5.41, 5.74) is 0. The van der Waals surface area contributed by atoms with Crippen LogP contribution in [-0.4, -0.2) is 325 Å². The first-order valence-electron chi connectivity index (χ1n) is 17.5. The molecule has 1 saturated heterocycles. The summed E-state index contributed by atoms with van der Waals surface area (Å²) in [7, 11) is 0. The third-order valence-electron chi connectivity index (χ3n) is 8.75. The summed E-state index contributed by atoms with van der Waals surface area (Å²) in [6.07, 6.45) is -37.7. The maximum atomic E-state index is 9.83. The first-order valence-corrected chi connectivity index (χ1v) is 17.5. The SMILES string of the molecule is OC[C@@H](O)[C@@H](O)[C@H](O)[C@@H](O)CO.OC[C@@H](O)[C@@H](O)[C@H](O)[C@H](O)CO.OC[C@@H](O)[C@@H](O[C@H]1O[C@H](CO)[C@@H](O)[C@H](O)[C@H]1O)[C@H](O)[C@@H](O)CO.O[C@H]1[C@H](O)[C@@H](O)[C@H](O)[C@@H](O)[C@H]1O. The molecule has 29 nitrogen and oxygen atoms in total. The van der Waals surface area contributed by atoms with Gasteiger partial charge in [-0.1, -0.05) is 0 Å². The van der Waals surface area contributed by atoms with Crippen molar-refractivity contribution in [1.82, 2.24) is 0 Å². The van der Waals surface area contributed by atoms with Gasteiger partial charge in [-0.2, -0.15) is 0 Å². The lowest BCUT2D eigenvalue weighted by atomic mass is 9.85. The van der Waals surface area contributed by atoms with Crippen molar-refractivity contribution >= 4 is 0 Å². The highest BCUT2D eigenvalue weighted by Gasteiger charge is 2.48. The Hall–Kier alpha value is -1.16. The molecule has 2 fully saturated rings. The minimum atomic E-state index is -1.85. The highest BCUT2D eigenvalue weighted by atomic mass is 16.7. The zero-order chi connectivity index (χ0) is 46.6. The fourth-order valence-electron chi connectivity index (χ4n) is 4.72. The van der Waals surface area contributed by atoms with E-state index in [9.17, 15) is 30.6 Å². The monoisotopic (exact) mass is 888 g/mol. The van der Waals surface area contributed by atoms with Crippen LogP contribution in [-0.2, 0) is 9.47 Å². The lowest BCUT2D eigenvalue weighted by molar-refractivity contribution is -0.327. The number of rotatable bonds is 18. The average Bonchev–Trinajstić information content (AvgIpc) is 3.25. The molecular weight excluding hydrogens is 824 g/mol. The van der Waals surface area contributed by atoms with Gasteiger partial charge in [0.1, 0.15) is 134 Å². The molecule has 29 heteroatoms. The summed E-state index contributed by atoms with van der Waals surface area (Å²) in [6.45, 7) is -5.36. The molecule has 59 heavy (non-hydrogen) atoms. The van der Waals surface area contributed by atoms with Gasteiger partial charge in [-0.15, -0.1) is 0 Å². The van der Waals surface area contributed by atoms with Crippen molar-refractivity contribution in [1.29, 1.82) is 0 Å². The van der Waals surface area contributed by atoms with Crippen LogP contribution >= 0.6 is 0 Å². The van der Waals surface area contributed by atoms with Gasteiger partial charge < -0.3 is 147 Å². The van der Waals surface area contributed by atoms with Crippen LogP contribution in [0.15, 0.2) is 0 Å². The summed E-state index contributed by atoms with van der Waals surface area (Å²) >= 11 is 0. The molecule has 1 aliphatic heterocycles. The predicted octanol–water partition coefficient (Wildman–Crippen LogP) is -16.8. The summed E-state index contributed by atoms with van der Waals surface area (Å²) in [4.78, 5) is 0. The molecule has 0 aromatic rings. The quantitative estimate of drug-likeness (QED) is 0.0607. The normalized spacial score (nSPS) is 34.5. The van der Waals surface area contributed by atoms with Crippen molar-refractivity contribution in [3.8, 4) is 0 Å². The van der Waals surface area contributed by atoms with Crippen molar-refractivity contribution in [3.63, 3.8) is 0 Å². The minimum Gasteiger partial charge on any atom is -0.394 e. The first-order chi connectivity index (χ1) is 27.3. The molecule has 358 valence electrons.